The van der Waals surface area contributed by atoms with Crippen LogP contribution in [-0.2, 0) is 14.3 Å². The molecule has 3 N–H and O–H groups in total. The molecule has 1 aromatic rings. The summed E-state index contributed by atoms with van der Waals surface area (Å²) < 4.78 is 16.1. The van der Waals surface area contributed by atoms with Crippen LogP contribution in [-0.4, -0.2) is 44.1 Å². The average Bonchev–Trinajstić information content (AvgIpc) is 2.55. The topological polar surface area (TPSA) is 91.0 Å². The summed E-state index contributed by atoms with van der Waals surface area (Å²) in [6, 6.07) is 7.91. The normalized spacial score (nSPS) is 12.1. The van der Waals surface area contributed by atoms with Crippen LogP contribution in [0.2, 0.25) is 0 Å². The number of carbonyl (C=O) groups is 1. The van der Waals surface area contributed by atoms with Crippen molar-refractivity contribution in [2.24, 2.45) is 5.73 Å². The number of hydrogen-bond donors (Lipinski definition) is 2. The summed E-state index contributed by atoms with van der Waals surface area (Å²) >= 11 is 0. The standard InChI is InChI=1S/C18H29NO5/c1-15(19)16-7-5-8-17(13-16)24-12-4-2-3-9-22-10-6-11-23-14-18(20)21/h5,7-8,13,15H,2-4,6,9-12,14,19H2,1H3,(H,20,21)/t15-/m1/s1. The molecule has 24 heavy (non-hydrogen) atoms. The average molecular weight is 339 g/mol. The molecule has 0 aromatic heterocycles. The molecule has 0 aliphatic rings. The van der Waals surface area contributed by atoms with E-state index in [-0.39, 0.29) is 12.6 Å². The van der Waals surface area contributed by atoms with Crippen molar-refractivity contribution in [2.75, 3.05) is 33.0 Å². The van der Waals surface area contributed by atoms with Gasteiger partial charge in [-0.05, 0) is 50.3 Å². The molecular formula is C18H29NO5. The summed E-state index contributed by atoms with van der Waals surface area (Å²) in [4.78, 5) is 10.2. The third kappa shape index (κ3) is 10.2. The van der Waals surface area contributed by atoms with Crippen LogP contribution >= 0.6 is 0 Å². The van der Waals surface area contributed by atoms with Crippen LogP contribution in [0.4, 0.5) is 0 Å². The smallest absolute Gasteiger partial charge is 0.329 e. The lowest BCUT2D eigenvalue weighted by Gasteiger charge is -2.10. The first-order valence-electron chi connectivity index (χ1n) is 8.45. The monoisotopic (exact) mass is 339 g/mol. The molecule has 136 valence electrons. The highest BCUT2D eigenvalue weighted by atomic mass is 16.5. The highest BCUT2D eigenvalue weighted by Crippen LogP contribution is 2.17. The van der Waals surface area contributed by atoms with Crippen molar-refractivity contribution < 1.29 is 24.1 Å². The van der Waals surface area contributed by atoms with Crippen molar-refractivity contribution in [3.8, 4) is 5.75 Å². The van der Waals surface area contributed by atoms with E-state index >= 15 is 0 Å². The number of benzene rings is 1. The molecule has 0 spiro atoms. The fourth-order valence-corrected chi connectivity index (χ4v) is 2.09. The summed E-state index contributed by atoms with van der Waals surface area (Å²) in [5, 5.41) is 8.40. The van der Waals surface area contributed by atoms with Gasteiger partial charge in [-0.2, -0.15) is 0 Å². The molecule has 0 aliphatic heterocycles. The minimum absolute atomic E-state index is 0.0141. The van der Waals surface area contributed by atoms with Gasteiger partial charge >= 0.3 is 5.97 Å². The second kappa shape index (κ2) is 12.8. The lowest BCUT2D eigenvalue weighted by Crippen LogP contribution is -2.09. The van der Waals surface area contributed by atoms with E-state index < -0.39 is 5.97 Å². The first kappa shape index (κ1) is 20.4. The minimum atomic E-state index is -0.942. The highest BCUT2D eigenvalue weighted by Gasteiger charge is 2.01. The van der Waals surface area contributed by atoms with E-state index in [0.717, 1.165) is 30.6 Å². The van der Waals surface area contributed by atoms with Gasteiger partial charge in [0.15, 0.2) is 0 Å². The van der Waals surface area contributed by atoms with Gasteiger partial charge in [-0.3, -0.25) is 0 Å². The molecular weight excluding hydrogens is 310 g/mol. The van der Waals surface area contributed by atoms with Gasteiger partial charge in [0, 0.05) is 25.9 Å². The molecule has 1 aromatic carbocycles. The number of hydrogen-bond acceptors (Lipinski definition) is 5. The van der Waals surface area contributed by atoms with E-state index in [1.807, 2.05) is 31.2 Å². The molecule has 0 fully saturated rings. The van der Waals surface area contributed by atoms with Crippen molar-refractivity contribution in [3.05, 3.63) is 29.8 Å². The van der Waals surface area contributed by atoms with Crippen LogP contribution in [0.15, 0.2) is 24.3 Å². The van der Waals surface area contributed by atoms with Gasteiger partial charge in [-0.25, -0.2) is 4.79 Å². The molecule has 0 saturated carbocycles. The van der Waals surface area contributed by atoms with Crippen molar-refractivity contribution in [2.45, 2.75) is 38.6 Å². The maximum Gasteiger partial charge on any atom is 0.329 e. The molecule has 0 unspecified atom stereocenters. The Kier molecular flexibility index (Phi) is 10.8. The van der Waals surface area contributed by atoms with Gasteiger partial charge in [0.1, 0.15) is 12.4 Å². The lowest BCUT2D eigenvalue weighted by atomic mass is 10.1. The fraction of sp³-hybridized carbons (Fsp3) is 0.611. The molecule has 0 amide bonds. The quantitative estimate of drug-likeness (QED) is 0.507. The molecule has 0 aliphatic carbocycles. The molecule has 0 heterocycles. The number of aliphatic carboxylic acids is 1. The zero-order valence-electron chi connectivity index (χ0n) is 14.4. The Balaban J connectivity index is 1.92. The van der Waals surface area contributed by atoms with E-state index in [1.54, 1.807) is 0 Å². The zero-order valence-corrected chi connectivity index (χ0v) is 14.4. The SMILES string of the molecule is C[C@@H](N)c1cccc(OCCCCCOCCCOCC(=O)O)c1. The Morgan fingerprint density at radius 1 is 1.08 bits per heavy atom. The van der Waals surface area contributed by atoms with Crippen molar-refractivity contribution in [1.82, 2.24) is 0 Å². The number of nitrogens with two attached hydrogens (primary N) is 1. The van der Waals surface area contributed by atoms with Crippen LogP contribution in [0, 0.1) is 0 Å². The Morgan fingerprint density at radius 2 is 1.79 bits per heavy atom. The number of carboxylic acids is 1. The van der Waals surface area contributed by atoms with Crippen LogP contribution < -0.4 is 10.5 Å². The molecule has 6 nitrogen and oxygen atoms in total. The number of rotatable bonds is 14. The largest absolute Gasteiger partial charge is 0.494 e. The Labute approximate surface area is 143 Å². The second-order valence-electron chi connectivity index (χ2n) is 5.68. The van der Waals surface area contributed by atoms with Crippen LogP contribution in [0.1, 0.15) is 44.2 Å². The summed E-state index contributed by atoms with van der Waals surface area (Å²) in [7, 11) is 0. The van der Waals surface area contributed by atoms with Gasteiger partial charge in [-0.1, -0.05) is 12.1 Å². The molecule has 0 saturated heterocycles. The Bertz CT molecular complexity index is 464. The van der Waals surface area contributed by atoms with Crippen molar-refractivity contribution >= 4 is 5.97 Å². The number of carboxylic acid groups (broad SMARTS) is 1. The third-order valence-electron chi connectivity index (χ3n) is 3.39. The van der Waals surface area contributed by atoms with Gasteiger partial charge < -0.3 is 25.1 Å². The zero-order chi connectivity index (χ0) is 17.6. The van der Waals surface area contributed by atoms with E-state index in [0.29, 0.717) is 32.8 Å². The molecule has 1 atom stereocenters. The first-order chi connectivity index (χ1) is 11.6. The lowest BCUT2D eigenvalue weighted by molar-refractivity contribution is -0.142. The van der Waals surface area contributed by atoms with E-state index in [1.165, 1.54) is 0 Å². The second-order valence-corrected chi connectivity index (χ2v) is 5.68. The fourth-order valence-electron chi connectivity index (χ4n) is 2.09. The van der Waals surface area contributed by atoms with Crippen molar-refractivity contribution in [3.63, 3.8) is 0 Å². The van der Waals surface area contributed by atoms with Crippen molar-refractivity contribution in [1.29, 1.82) is 0 Å². The minimum Gasteiger partial charge on any atom is -0.494 e. The summed E-state index contributed by atoms with van der Waals surface area (Å²) in [6.07, 6.45) is 3.72. The predicted octanol–water partition coefficient (Wildman–Crippen LogP) is 2.76. The maximum atomic E-state index is 10.2. The number of unbranched alkanes of at least 4 members (excludes halogenated alkanes) is 2. The van der Waals surface area contributed by atoms with Gasteiger partial charge in [0.05, 0.1) is 6.61 Å². The molecule has 6 heteroatoms. The van der Waals surface area contributed by atoms with Crippen LogP contribution in [0.25, 0.3) is 0 Å². The number of ether oxygens (including phenoxy) is 3. The molecule has 0 bridgehead atoms. The third-order valence-corrected chi connectivity index (χ3v) is 3.39. The summed E-state index contributed by atoms with van der Waals surface area (Å²) in [5.41, 5.74) is 6.93. The molecule has 0 radical (unpaired) electrons. The van der Waals surface area contributed by atoms with E-state index in [4.69, 9.17) is 25.1 Å². The maximum absolute atomic E-state index is 10.2. The summed E-state index contributed by atoms with van der Waals surface area (Å²) in [5.74, 6) is -0.0789. The Morgan fingerprint density at radius 3 is 2.54 bits per heavy atom. The Hall–Kier alpha value is -1.63. The van der Waals surface area contributed by atoms with E-state index in [2.05, 4.69) is 0 Å². The van der Waals surface area contributed by atoms with Gasteiger partial charge in [0.2, 0.25) is 0 Å². The summed E-state index contributed by atoms with van der Waals surface area (Å²) in [6.45, 7) is 4.12. The van der Waals surface area contributed by atoms with E-state index in [9.17, 15) is 4.79 Å². The highest BCUT2D eigenvalue weighted by molar-refractivity contribution is 5.67. The van der Waals surface area contributed by atoms with Gasteiger partial charge in [-0.15, -0.1) is 0 Å². The predicted molar refractivity (Wildman–Crippen MR) is 92.3 cm³/mol. The first-order valence-corrected chi connectivity index (χ1v) is 8.45. The van der Waals surface area contributed by atoms with Crippen LogP contribution in [0.3, 0.4) is 0 Å². The molecule has 1 rings (SSSR count). The van der Waals surface area contributed by atoms with Crippen LogP contribution in [0.5, 0.6) is 5.75 Å². The van der Waals surface area contributed by atoms with Gasteiger partial charge in [0.25, 0.3) is 0 Å².